The lowest BCUT2D eigenvalue weighted by atomic mass is 10.1. The average molecular weight is 368 g/mol. The zero-order valence-corrected chi connectivity index (χ0v) is 15.5. The predicted octanol–water partition coefficient (Wildman–Crippen LogP) is 2.81. The van der Waals surface area contributed by atoms with Crippen molar-refractivity contribution in [3.63, 3.8) is 0 Å². The molecule has 0 aliphatic carbocycles. The molecule has 1 aliphatic heterocycles. The number of aromatic nitrogens is 3. The minimum Gasteiger partial charge on any atom is -0.246 e. The molecule has 7 heteroatoms. The van der Waals surface area contributed by atoms with Crippen LogP contribution in [0.5, 0.6) is 0 Å². The maximum absolute atomic E-state index is 12.8. The normalized spacial score (nSPS) is 15.8. The molecule has 0 bridgehead atoms. The van der Waals surface area contributed by atoms with E-state index in [1.54, 1.807) is 10.7 Å². The molecule has 0 N–H and O–H groups in total. The molecule has 4 rings (SSSR count). The fourth-order valence-corrected chi connectivity index (χ4v) is 4.93. The van der Waals surface area contributed by atoms with Gasteiger partial charge in [-0.15, -0.1) is 5.10 Å². The van der Waals surface area contributed by atoms with E-state index in [0.717, 1.165) is 22.4 Å². The predicted molar refractivity (Wildman–Crippen MR) is 99.2 cm³/mol. The number of aryl methyl sites for hydroxylation is 2. The highest BCUT2D eigenvalue weighted by Crippen LogP contribution is 2.30. The van der Waals surface area contributed by atoms with E-state index >= 15 is 0 Å². The third-order valence-corrected chi connectivity index (χ3v) is 6.72. The lowest BCUT2D eigenvalue weighted by molar-refractivity contribution is 0.189. The van der Waals surface area contributed by atoms with Crippen LogP contribution in [0.15, 0.2) is 59.6 Å². The smallest absolute Gasteiger partial charge is 0.243 e. The third kappa shape index (κ3) is 2.93. The molecule has 6 nitrogen and oxygen atoms in total. The van der Waals surface area contributed by atoms with Crippen molar-refractivity contribution in [2.75, 3.05) is 13.1 Å². The van der Waals surface area contributed by atoms with E-state index < -0.39 is 10.0 Å². The lowest BCUT2D eigenvalue weighted by Crippen LogP contribution is -2.50. The first kappa shape index (κ1) is 16.9. The van der Waals surface area contributed by atoms with Gasteiger partial charge in [-0.1, -0.05) is 53.2 Å². The molecule has 26 heavy (non-hydrogen) atoms. The second-order valence-electron chi connectivity index (χ2n) is 6.69. The van der Waals surface area contributed by atoms with Gasteiger partial charge >= 0.3 is 0 Å². The summed E-state index contributed by atoms with van der Waals surface area (Å²) >= 11 is 0. The Kier molecular flexibility index (Phi) is 4.13. The molecular formula is C19H20N4O2S. The van der Waals surface area contributed by atoms with Gasteiger partial charge in [0, 0.05) is 18.7 Å². The Morgan fingerprint density at radius 3 is 2.46 bits per heavy atom. The van der Waals surface area contributed by atoms with Crippen LogP contribution < -0.4 is 0 Å². The summed E-state index contributed by atoms with van der Waals surface area (Å²) in [7, 11) is -3.46. The van der Waals surface area contributed by atoms with Crippen molar-refractivity contribution in [2.45, 2.75) is 24.8 Å². The summed E-state index contributed by atoms with van der Waals surface area (Å²) in [6, 6.07) is 15.3. The summed E-state index contributed by atoms with van der Waals surface area (Å²) < 4.78 is 28.9. The van der Waals surface area contributed by atoms with E-state index in [-0.39, 0.29) is 6.04 Å². The SMILES string of the molecule is Cc1ccc(S(=O)(=O)N2CC(n3cc(-c4ccccc4)nn3)C2)c(C)c1. The maximum Gasteiger partial charge on any atom is 0.243 e. The molecule has 2 aromatic carbocycles. The fraction of sp³-hybridized carbons (Fsp3) is 0.263. The summed E-state index contributed by atoms with van der Waals surface area (Å²) in [5, 5.41) is 8.38. The fourth-order valence-electron chi connectivity index (χ4n) is 3.20. The number of benzene rings is 2. The van der Waals surface area contributed by atoms with Crippen LogP contribution >= 0.6 is 0 Å². The Hall–Kier alpha value is -2.51. The van der Waals surface area contributed by atoms with Gasteiger partial charge in [-0.2, -0.15) is 4.31 Å². The van der Waals surface area contributed by atoms with Crippen molar-refractivity contribution in [2.24, 2.45) is 0 Å². The van der Waals surface area contributed by atoms with Crippen LogP contribution in [-0.2, 0) is 10.0 Å². The van der Waals surface area contributed by atoms with Crippen molar-refractivity contribution >= 4 is 10.0 Å². The number of hydrogen-bond donors (Lipinski definition) is 0. The number of nitrogens with zero attached hydrogens (tertiary/aromatic N) is 4. The molecule has 1 saturated heterocycles. The van der Waals surface area contributed by atoms with Crippen LogP contribution in [0, 0.1) is 13.8 Å². The van der Waals surface area contributed by atoms with Crippen molar-refractivity contribution < 1.29 is 8.42 Å². The lowest BCUT2D eigenvalue weighted by Gasteiger charge is -2.37. The number of rotatable bonds is 4. The molecule has 0 atom stereocenters. The molecular weight excluding hydrogens is 348 g/mol. The van der Waals surface area contributed by atoms with Crippen LogP contribution in [0.1, 0.15) is 17.2 Å². The van der Waals surface area contributed by atoms with Gasteiger partial charge in [0.25, 0.3) is 0 Å². The van der Waals surface area contributed by atoms with Gasteiger partial charge in [0.15, 0.2) is 0 Å². The Morgan fingerprint density at radius 2 is 1.77 bits per heavy atom. The van der Waals surface area contributed by atoms with Crippen LogP contribution in [-0.4, -0.2) is 40.8 Å². The highest BCUT2D eigenvalue weighted by molar-refractivity contribution is 7.89. The zero-order valence-electron chi connectivity index (χ0n) is 14.7. The second-order valence-corrected chi connectivity index (χ2v) is 8.60. The summed E-state index contributed by atoms with van der Waals surface area (Å²) in [5.74, 6) is 0. The topological polar surface area (TPSA) is 68.1 Å². The maximum atomic E-state index is 12.8. The summed E-state index contributed by atoms with van der Waals surface area (Å²) in [6.45, 7) is 4.61. The molecule has 2 heterocycles. The first-order valence-electron chi connectivity index (χ1n) is 8.50. The average Bonchev–Trinajstić information content (AvgIpc) is 3.03. The second kappa shape index (κ2) is 6.34. The van der Waals surface area contributed by atoms with Gasteiger partial charge < -0.3 is 0 Å². The molecule has 3 aromatic rings. The number of sulfonamides is 1. The number of hydrogen-bond acceptors (Lipinski definition) is 4. The molecule has 134 valence electrons. The summed E-state index contributed by atoms with van der Waals surface area (Å²) in [5.41, 5.74) is 3.62. The molecule has 1 fully saturated rings. The minimum absolute atomic E-state index is 0.0143. The molecule has 0 amide bonds. The van der Waals surface area contributed by atoms with Gasteiger partial charge in [-0.25, -0.2) is 13.1 Å². The Balaban J connectivity index is 1.49. The van der Waals surface area contributed by atoms with Gasteiger partial charge in [-0.05, 0) is 25.5 Å². The quantitative estimate of drug-likeness (QED) is 0.710. The van der Waals surface area contributed by atoms with E-state index in [9.17, 15) is 8.42 Å². The van der Waals surface area contributed by atoms with Gasteiger partial charge in [0.1, 0.15) is 5.69 Å². The Labute approximate surface area is 153 Å². The van der Waals surface area contributed by atoms with Crippen molar-refractivity contribution in [1.29, 1.82) is 0 Å². The molecule has 1 aliphatic rings. The highest BCUT2D eigenvalue weighted by Gasteiger charge is 2.38. The van der Waals surface area contributed by atoms with Gasteiger partial charge in [-0.3, -0.25) is 0 Å². The summed E-state index contributed by atoms with van der Waals surface area (Å²) in [6.07, 6.45) is 1.88. The molecule has 0 unspecified atom stereocenters. The molecule has 0 spiro atoms. The molecule has 1 aromatic heterocycles. The van der Waals surface area contributed by atoms with E-state index in [2.05, 4.69) is 10.3 Å². The standard InChI is InChI=1S/C19H20N4O2S/c1-14-8-9-19(15(2)10-14)26(24,25)22-11-17(12-22)23-13-18(20-21-23)16-6-4-3-5-7-16/h3-10,13,17H,11-12H2,1-2H3. The first-order valence-corrected chi connectivity index (χ1v) is 9.94. The van der Waals surface area contributed by atoms with Crippen LogP contribution in [0.2, 0.25) is 0 Å². The van der Waals surface area contributed by atoms with E-state index in [4.69, 9.17) is 0 Å². The van der Waals surface area contributed by atoms with Crippen molar-refractivity contribution in [1.82, 2.24) is 19.3 Å². The van der Waals surface area contributed by atoms with Crippen LogP contribution in [0.3, 0.4) is 0 Å². The highest BCUT2D eigenvalue weighted by atomic mass is 32.2. The van der Waals surface area contributed by atoms with Gasteiger partial charge in [0.2, 0.25) is 10.0 Å². The molecule has 0 radical (unpaired) electrons. The monoisotopic (exact) mass is 368 g/mol. The van der Waals surface area contributed by atoms with Crippen molar-refractivity contribution in [3.05, 3.63) is 65.9 Å². The molecule has 0 saturated carbocycles. The first-order chi connectivity index (χ1) is 12.4. The van der Waals surface area contributed by atoms with E-state index in [1.807, 2.05) is 62.5 Å². The van der Waals surface area contributed by atoms with Crippen molar-refractivity contribution in [3.8, 4) is 11.3 Å². The Bertz CT molecular complexity index is 1040. The van der Waals surface area contributed by atoms with Crippen LogP contribution in [0.4, 0.5) is 0 Å². The largest absolute Gasteiger partial charge is 0.246 e. The summed E-state index contributed by atoms with van der Waals surface area (Å²) in [4.78, 5) is 0.380. The van der Waals surface area contributed by atoms with E-state index in [1.165, 1.54) is 4.31 Å². The zero-order chi connectivity index (χ0) is 18.3. The van der Waals surface area contributed by atoms with E-state index in [0.29, 0.717) is 18.0 Å². The minimum atomic E-state index is -3.46. The third-order valence-electron chi connectivity index (χ3n) is 4.73. The van der Waals surface area contributed by atoms with Crippen LogP contribution in [0.25, 0.3) is 11.3 Å². The Morgan fingerprint density at radius 1 is 1.04 bits per heavy atom. The van der Waals surface area contributed by atoms with Gasteiger partial charge in [0.05, 0.1) is 17.1 Å².